The fourth-order valence-electron chi connectivity index (χ4n) is 3.67. The molecule has 1 aromatic rings. The van der Waals surface area contributed by atoms with Gasteiger partial charge in [-0.3, -0.25) is 4.57 Å². The Kier molecular flexibility index (Phi) is 3.73. The third-order valence-electron chi connectivity index (χ3n) is 4.66. The molecule has 5 heteroatoms. The molecule has 1 saturated carbocycles. The lowest BCUT2D eigenvalue weighted by atomic mass is 9.93. The van der Waals surface area contributed by atoms with Crippen LogP contribution in [0.25, 0.3) is 0 Å². The predicted molar refractivity (Wildman–Crippen MR) is 74.4 cm³/mol. The Bertz CT molecular complexity index is 472. The fraction of sp³-hybridized carbons (Fsp3) is 0.857. The highest BCUT2D eigenvalue weighted by Crippen LogP contribution is 2.31. The summed E-state index contributed by atoms with van der Waals surface area (Å²) in [7, 11) is 2.15. The van der Waals surface area contributed by atoms with E-state index in [0.29, 0.717) is 12.0 Å². The van der Waals surface area contributed by atoms with E-state index >= 15 is 0 Å². The number of piperidine rings is 1. The fourth-order valence-corrected chi connectivity index (χ4v) is 3.67. The number of hydrogen-bond donors (Lipinski definition) is 1. The van der Waals surface area contributed by atoms with Crippen molar-refractivity contribution < 1.29 is 0 Å². The number of rotatable bonds is 2. The van der Waals surface area contributed by atoms with Crippen molar-refractivity contribution >= 4 is 0 Å². The van der Waals surface area contributed by atoms with E-state index in [1.54, 1.807) is 0 Å². The summed E-state index contributed by atoms with van der Waals surface area (Å²) in [6.07, 6.45) is 8.42. The molecule has 2 heterocycles. The van der Waals surface area contributed by atoms with E-state index in [1.165, 1.54) is 25.7 Å². The van der Waals surface area contributed by atoms with Gasteiger partial charge in [-0.1, -0.05) is 19.3 Å². The van der Waals surface area contributed by atoms with Crippen molar-refractivity contribution in [3.63, 3.8) is 0 Å². The molecule has 2 aliphatic rings. The zero-order valence-electron chi connectivity index (χ0n) is 11.8. The molecule has 0 radical (unpaired) electrons. The normalized spacial score (nSPS) is 26.7. The van der Waals surface area contributed by atoms with Crippen molar-refractivity contribution in [3.05, 3.63) is 16.3 Å². The van der Waals surface area contributed by atoms with Crippen LogP contribution in [0.3, 0.4) is 0 Å². The minimum atomic E-state index is -0.00451. The van der Waals surface area contributed by atoms with Crippen LogP contribution in [-0.4, -0.2) is 39.8 Å². The number of aromatic nitrogens is 3. The van der Waals surface area contributed by atoms with E-state index in [4.69, 9.17) is 0 Å². The maximum absolute atomic E-state index is 12.1. The van der Waals surface area contributed by atoms with Crippen molar-refractivity contribution in [2.24, 2.45) is 0 Å². The SMILES string of the molecule is CN1CCC[C@@H](c2n[nH]c(=O)n2C2CCCCC2)C1. The molecule has 2 fully saturated rings. The first-order valence-electron chi connectivity index (χ1n) is 7.61. The minimum absolute atomic E-state index is 0.00451. The van der Waals surface area contributed by atoms with Crippen molar-refractivity contribution in [1.29, 1.82) is 0 Å². The standard InChI is InChI=1S/C14H24N4O/c1-17-9-5-6-11(10-17)13-15-16-14(19)18(13)12-7-3-2-4-8-12/h11-12H,2-10H2,1H3,(H,16,19)/t11-/m1/s1. The molecule has 0 amide bonds. The van der Waals surface area contributed by atoms with Gasteiger partial charge in [0.25, 0.3) is 0 Å². The molecule has 0 spiro atoms. The van der Waals surface area contributed by atoms with Crippen LogP contribution in [0.15, 0.2) is 4.79 Å². The predicted octanol–water partition coefficient (Wildman–Crippen LogP) is 1.89. The number of likely N-dealkylation sites (tertiary alicyclic amines) is 1. The lowest BCUT2D eigenvalue weighted by molar-refractivity contribution is 0.236. The second kappa shape index (κ2) is 5.49. The van der Waals surface area contributed by atoms with Crippen LogP contribution < -0.4 is 5.69 Å². The van der Waals surface area contributed by atoms with E-state index in [2.05, 4.69) is 22.1 Å². The van der Waals surface area contributed by atoms with Crippen LogP contribution in [0, 0.1) is 0 Å². The summed E-state index contributed by atoms with van der Waals surface area (Å²) < 4.78 is 1.98. The molecule has 0 bridgehead atoms. The number of nitrogens with one attached hydrogen (secondary N) is 1. The minimum Gasteiger partial charge on any atom is -0.306 e. The molecule has 3 rings (SSSR count). The monoisotopic (exact) mass is 264 g/mol. The van der Waals surface area contributed by atoms with Gasteiger partial charge in [-0.15, -0.1) is 0 Å². The Balaban J connectivity index is 1.87. The number of aromatic amines is 1. The summed E-state index contributed by atoms with van der Waals surface area (Å²) in [6, 6.07) is 0.377. The highest BCUT2D eigenvalue weighted by Gasteiger charge is 2.28. The molecule has 106 valence electrons. The van der Waals surface area contributed by atoms with Crippen molar-refractivity contribution in [2.45, 2.75) is 56.9 Å². The molecule has 1 saturated heterocycles. The first kappa shape index (κ1) is 12.9. The van der Waals surface area contributed by atoms with Gasteiger partial charge < -0.3 is 4.90 Å². The largest absolute Gasteiger partial charge is 0.343 e. The third kappa shape index (κ3) is 2.61. The maximum atomic E-state index is 12.1. The Morgan fingerprint density at radius 2 is 1.95 bits per heavy atom. The summed E-state index contributed by atoms with van der Waals surface area (Å²) in [5.41, 5.74) is -0.00451. The van der Waals surface area contributed by atoms with E-state index < -0.39 is 0 Å². The average Bonchev–Trinajstić information content (AvgIpc) is 2.82. The highest BCUT2D eigenvalue weighted by molar-refractivity contribution is 5.02. The van der Waals surface area contributed by atoms with Gasteiger partial charge in [0, 0.05) is 18.5 Å². The summed E-state index contributed by atoms with van der Waals surface area (Å²) in [5.74, 6) is 1.42. The van der Waals surface area contributed by atoms with Crippen molar-refractivity contribution in [1.82, 2.24) is 19.7 Å². The molecule has 0 unspecified atom stereocenters. The Morgan fingerprint density at radius 3 is 2.68 bits per heavy atom. The van der Waals surface area contributed by atoms with Crippen LogP contribution >= 0.6 is 0 Å². The molecule has 1 N–H and O–H groups in total. The molecule has 1 aliphatic carbocycles. The molecule has 5 nitrogen and oxygen atoms in total. The van der Waals surface area contributed by atoms with Gasteiger partial charge in [0.05, 0.1) is 0 Å². The van der Waals surface area contributed by atoms with Crippen LogP contribution in [0.1, 0.15) is 62.7 Å². The zero-order valence-corrected chi connectivity index (χ0v) is 11.8. The summed E-state index contributed by atoms with van der Waals surface area (Å²) in [6.45, 7) is 2.19. The molecule has 1 aliphatic heterocycles. The third-order valence-corrected chi connectivity index (χ3v) is 4.66. The van der Waals surface area contributed by atoms with Gasteiger partial charge >= 0.3 is 5.69 Å². The molecule has 1 atom stereocenters. The van der Waals surface area contributed by atoms with Gasteiger partial charge in [0.1, 0.15) is 5.82 Å². The first-order chi connectivity index (χ1) is 9.25. The topological polar surface area (TPSA) is 53.9 Å². The quantitative estimate of drug-likeness (QED) is 0.887. The Hall–Kier alpha value is -1.10. The van der Waals surface area contributed by atoms with Gasteiger partial charge in [-0.2, -0.15) is 5.10 Å². The summed E-state index contributed by atoms with van der Waals surface area (Å²) in [4.78, 5) is 14.4. The first-order valence-corrected chi connectivity index (χ1v) is 7.61. The number of nitrogens with zero attached hydrogens (tertiary/aromatic N) is 3. The van der Waals surface area contributed by atoms with Crippen molar-refractivity contribution in [2.75, 3.05) is 20.1 Å². The Morgan fingerprint density at radius 1 is 1.16 bits per heavy atom. The molecular formula is C14H24N4O. The lowest BCUT2D eigenvalue weighted by Crippen LogP contribution is -2.34. The van der Waals surface area contributed by atoms with Gasteiger partial charge in [-0.25, -0.2) is 9.89 Å². The van der Waals surface area contributed by atoms with Crippen LogP contribution in [0.2, 0.25) is 0 Å². The van der Waals surface area contributed by atoms with Gasteiger partial charge in [-0.05, 0) is 39.3 Å². The second-order valence-electron chi connectivity index (χ2n) is 6.15. The van der Waals surface area contributed by atoms with Crippen LogP contribution in [0.5, 0.6) is 0 Å². The second-order valence-corrected chi connectivity index (χ2v) is 6.15. The molecule has 0 aromatic carbocycles. The van der Waals surface area contributed by atoms with Crippen molar-refractivity contribution in [3.8, 4) is 0 Å². The number of likely N-dealkylation sites (N-methyl/N-ethyl adjacent to an activating group) is 1. The van der Waals surface area contributed by atoms with Crippen LogP contribution in [0.4, 0.5) is 0 Å². The lowest BCUT2D eigenvalue weighted by Gasteiger charge is -2.31. The van der Waals surface area contributed by atoms with E-state index in [-0.39, 0.29) is 5.69 Å². The average molecular weight is 264 g/mol. The summed E-state index contributed by atoms with van der Waals surface area (Å²) in [5, 5.41) is 7.03. The van der Waals surface area contributed by atoms with Gasteiger partial charge in [0.15, 0.2) is 0 Å². The molecule has 19 heavy (non-hydrogen) atoms. The smallest absolute Gasteiger partial charge is 0.306 e. The van der Waals surface area contributed by atoms with E-state index in [9.17, 15) is 4.79 Å². The Labute approximate surface area is 114 Å². The maximum Gasteiger partial charge on any atom is 0.343 e. The summed E-state index contributed by atoms with van der Waals surface area (Å²) >= 11 is 0. The van der Waals surface area contributed by atoms with Crippen LogP contribution in [-0.2, 0) is 0 Å². The van der Waals surface area contributed by atoms with E-state index in [1.807, 2.05) is 4.57 Å². The molecular weight excluding hydrogens is 240 g/mol. The number of H-pyrrole nitrogens is 1. The van der Waals surface area contributed by atoms with Gasteiger partial charge in [0.2, 0.25) is 0 Å². The number of hydrogen-bond acceptors (Lipinski definition) is 3. The van der Waals surface area contributed by atoms with E-state index in [0.717, 1.165) is 38.2 Å². The molecule has 1 aromatic heterocycles. The zero-order chi connectivity index (χ0) is 13.2. The highest BCUT2D eigenvalue weighted by atomic mass is 16.1.